The number of hydrogen-bond donors (Lipinski definition) is 2. The molecule has 0 aliphatic carbocycles. The van der Waals surface area contributed by atoms with E-state index in [4.69, 9.17) is 25.2 Å². The molecular weight excluding hydrogens is 608 g/mol. The zero-order chi connectivity index (χ0) is 29.5. The number of pyridine rings is 1. The fourth-order valence-corrected chi connectivity index (χ4v) is 7.27. The van der Waals surface area contributed by atoms with Gasteiger partial charge in [-0.15, -0.1) is 12.4 Å². The minimum absolute atomic E-state index is 0. The van der Waals surface area contributed by atoms with E-state index in [9.17, 15) is 16.8 Å². The molecule has 0 spiro atoms. The van der Waals surface area contributed by atoms with Crippen molar-refractivity contribution in [1.82, 2.24) is 9.29 Å². The fraction of sp³-hybridized carbons (Fsp3) is 0.308. The average Bonchev–Trinajstić information content (AvgIpc) is 2.95. The Labute approximate surface area is 251 Å². The van der Waals surface area contributed by atoms with E-state index in [1.165, 1.54) is 40.7 Å². The monoisotopic (exact) mass is 640 g/mol. The van der Waals surface area contributed by atoms with Gasteiger partial charge in [0.2, 0.25) is 16.0 Å². The van der Waals surface area contributed by atoms with Gasteiger partial charge >= 0.3 is 10.1 Å². The number of ether oxygens (including phenoxy) is 1. The second kappa shape index (κ2) is 14.4. The number of hydrogen-bond acceptors (Lipinski definition) is 10. The number of anilines is 1. The van der Waals surface area contributed by atoms with Crippen molar-refractivity contribution < 1.29 is 30.6 Å². The first-order valence-corrected chi connectivity index (χ1v) is 15.6. The predicted molar refractivity (Wildman–Crippen MR) is 160 cm³/mol. The van der Waals surface area contributed by atoms with Crippen molar-refractivity contribution in [3.63, 3.8) is 0 Å². The molecule has 4 N–H and O–H groups in total. The summed E-state index contributed by atoms with van der Waals surface area (Å²) in [5.74, 6) is 0.906. The lowest BCUT2D eigenvalue weighted by molar-refractivity contribution is 0.127. The molecule has 4 rings (SSSR count). The quantitative estimate of drug-likeness (QED) is 0.0972. The van der Waals surface area contributed by atoms with Crippen LogP contribution in [0.4, 0.5) is 5.82 Å². The number of halogens is 1. The number of piperazine rings is 1. The lowest BCUT2D eigenvalue weighted by Gasteiger charge is -2.34. The molecule has 1 aliphatic heterocycles. The van der Waals surface area contributed by atoms with E-state index in [0.29, 0.717) is 30.8 Å². The Morgan fingerprint density at radius 1 is 0.905 bits per heavy atom. The maximum absolute atomic E-state index is 13.6. The summed E-state index contributed by atoms with van der Waals surface area (Å²) in [4.78, 5) is 10.4. The van der Waals surface area contributed by atoms with E-state index in [1.807, 2.05) is 23.1 Å². The molecular formula is C26H33ClN6O7S2. The van der Waals surface area contributed by atoms with Gasteiger partial charge in [-0.2, -0.15) is 12.7 Å². The molecule has 2 heterocycles. The molecule has 0 amide bonds. The first-order chi connectivity index (χ1) is 19.6. The van der Waals surface area contributed by atoms with Crippen molar-refractivity contribution in [1.29, 1.82) is 0 Å². The maximum Gasteiger partial charge on any atom is 0.340 e. The molecule has 1 saturated heterocycles. The Kier molecular flexibility index (Phi) is 11.2. The second-order valence-electron chi connectivity index (χ2n) is 9.10. The van der Waals surface area contributed by atoms with Gasteiger partial charge in [-0.1, -0.05) is 18.2 Å². The van der Waals surface area contributed by atoms with E-state index >= 15 is 0 Å². The Hall–Kier alpha value is -3.79. The highest BCUT2D eigenvalue weighted by molar-refractivity contribution is 7.91. The van der Waals surface area contributed by atoms with Gasteiger partial charge in [0.25, 0.3) is 0 Å². The van der Waals surface area contributed by atoms with Crippen molar-refractivity contribution in [3.8, 4) is 11.5 Å². The van der Waals surface area contributed by atoms with E-state index < -0.39 is 25.0 Å². The first kappa shape index (κ1) is 32.7. The van der Waals surface area contributed by atoms with Gasteiger partial charge in [0.05, 0.1) is 6.61 Å². The molecule has 3 aromatic rings. The number of nitrogens with two attached hydrogens (primary N) is 2. The van der Waals surface area contributed by atoms with Crippen molar-refractivity contribution in [3.05, 3.63) is 72.4 Å². The van der Waals surface area contributed by atoms with Gasteiger partial charge in [0, 0.05) is 44.9 Å². The molecule has 1 aliphatic rings. The maximum atomic E-state index is 13.6. The molecule has 1 fully saturated rings. The van der Waals surface area contributed by atoms with Crippen LogP contribution in [0.3, 0.4) is 0 Å². The smallest absolute Gasteiger partial charge is 0.340 e. The molecule has 2 aromatic carbocycles. The Bertz CT molecular complexity index is 1580. The summed E-state index contributed by atoms with van der Waals surface area (Å²) >= 11 is 0. The Morgan fingerprint density at radius 2 is 1.57 bits per heavy atom. The van der Waals surface area contributed by atoms with Crippen LogP contribution < -0.4 is 25.3 Å². The minimum atomic E-state index is -4.53. The Morgan fingerprint density at radius 3 is 2.24 bits per heavy atom. The number of aryl methyl sites for hydroxylation is 1. The molecule has 228 valence electrons. The van der Waals surface area contributed by atoms with Crippen molar-refractivity contribution >= 4 is 44.3 Å². The van der Waals surface area contributed by atoms with Crippen LogP contribution in [0.25, 0.3) is 0 Å². The number of guanidine groups is 1. The topological polar surface area (TPSA) is 180 Å². The molecule has 0 saturated carbocycles. The molecule has 0 radical (unpaired) electrons. The van der Waals surface area contributed by atoms with E-state index in [2.05, 4.69) is 10.1 Å². The zero-order valence-electron chi connectivity index (χ0n) is 22.8. The van der Waals surface area contributed by atoms with E-state index in [0.717, 1.165) is 5.82 Å². The highest BCUT2D eigenvalue weighted by atomic mass is 35.5. The summed E-state index contributed by atoms with van der Waals surface area (Å²) in [6.45, 7) is 3.36. The molecule has 0 unspecified atom stereocenters. The molecule has 42 heavy (non-hydrogen) atoms. The van der Waals surface area contributed by atoms with Gasteiger partial charge < -0.3 is 30.1 Å². The van der Waals surface area contributed by atoms with Gasteiger partial charge in [0.1, 0.15) is 33.7 Å². The summed E-state index contributed by atoms with van der Waals surface area (Å²) in [5.41, 5.74) is 11.1. The summed E-state index contributed by atoms with van der Waals surface area (Å²) in [6, 6.07) is 15.6. The molecule has 16 heteroatoms. The van der Waals surface area contributed by atoms with Crippen LogP contribution in [0.2, 0.25) is 0 Å². The third kappa shape index (κ3) is 8.38. The highest BCUT2D eigenvalue weighted by Gasteiger charge is 2.34. The predicted octanol–water partition coefficient (Wildman–Crippen LogP) is 2.06. The zero-order valence-corrected chi connectivity index (χ0v) is 25.3. The van der Waals surface area contributed by atoms with Crippen LogP contribution in [-0.2, 0) is 25.0 Å². The summed E-state index contributed by atoms with van der Waals surface area (Å²) in [6.07, 6.45) is 2.13. The van der Waals surface area contributed by atoms with Crippen LogP contribution in [-0.4, -0.2) is 71.5 Å². The standard InChI is InChI=1S/C26H32N6O7S2.ClH/c1-20-17-21(37-15-6-16-38-30-26(27)28)19-22(18-20)39-41(35,36)24-8-3-2-7-23(24)40(33,34)32-13-11-31(12-14-32)25-9-4-5-10-29-25;/h2-5,7-10,17-19H,6,11-16H2,1H3,(H4,27,28,30);1H. The van der Waals surface area contributed by atoms with Crippen molar-refractivity contribution in [2.75, 3.05) is 44.3 Å². The van der Waals surface area contributed by atoms with Crippen LogP contribution in [0.15, 0.2) is 81.8 Å². The molecule has 1 aromatic heterocycles. The highest BCUT2D eigenvalue weighted by Crippen LogP contribution is 2.30. The van der Waals surface area contributed by atoms with Gasteiger partial charge in [0.15, 0.2) is 0 Å². The Balaban J connectivity index is 0.00000484. The number of oxime groups is 1. The van der Waals surface area contributed by atoms with Crippen molar-refractivity contribution in [2.45, 2.75) is 23.1 Å². The lowest BCUT2D eigenvalue weighted by Crippen LogP contribution is -2.49. The third-order valence-corrected chi connectivity index (χ3v) is 9.39. The van der Waals surface area contributed by atoms with Crippen LogP contribution in [0.5, 0.6) is 11.5 Å². The van der Waals surface area contributed by atoms with Gasteiger partial charge in [-0.25, -0.2) is 13.4 Å². The SMILES string of the molecule is Cc1cc(OCCCON=C(N)N)cc(OS(=O)(=O)c2ccccc2S(=O)(=O)N2CCN(c3ccccn3)CC2)c1.Cl. The molecule has 0 bridgehead atoms. The number of benzene rings is 2. The average molecular weight is 641 g/mol. The van der Waals surface area contributed by atoms with Crippen molar-refractivity contribution in [2.24, 2.45) is 16.6 Å². The summed E-state index contributed by atoms with van der Waals surface area (Å²) in [7, 11) is -8.68. The normalized spacial score (nSPS) is 14.0. The largest absolute Gasteiger partial charge is 0.493 e. The minimum Gasteiger partial charge on any atom is -0.493 e. The van der Waals surface area contributed by atoms with E-state index in [-0.39, 0.29) is 55.3 Å². The number of aromatic nitrogens is 1. The lowest BCUT2D eigenvalue weighted by atomic mass is 10.2. The van der Waals surface area contributed by atoms with Crippen LogP contribution in [0.1, 0.15) is 12.0 Å². The van der Waals surface area contributed by atoms with Crippen LogP contribution >= 0.6 is 12.4 Å². The number of nitrogens with zero attached hydrogens (tertiary/aromatic N) is 4. The summed E-state index contributed by atoms with van der Waals surface area (Å²) in [5, 5.41) is 3.42. The molecule has 0 atom stereocenters. The summed E-state index contributed by atoms with van der Waals surface area (Å²) < 4.78 is 66.3. The molecule has 13 nitrogen and oxygen atoms in total. The third-order valence-electron chi connectivity index (χ3n) is 6.00. The van der Waals surface area contributed by atoms with Gasteiger partial charge in [-0.05, 0) is 54.0 Å². The first-order valence-electron chi connectivity index (χ1n) is 12.7. The van der Waals surface area contributed by atoms with Gasteiger partial charge in [-0.3, -0.25) is 0 Å². The fourth-order valence-electron chi connectivity index (χ4n) is 4.16. The van der Waals surface area contributed by atoms with Crippen LogP contribution in [0, 0.1) is 6.92 Å². The van der Waals surface area contributed by atoms with E-state index in [1.54, 1.807) is 19.2 Å². The number of rotatable bonds is 12. The second-order valence-corrected chi connectivity index (χ2v) is 12.5. The number of sulfonamides is 1.